The molecule has 40 valence electrons. The molecule has 2 N–H and O–H groups in total. The Kier molecular flexibility index (Phi) is 2.67. The lowest BCUT2D eigenvalue weighted by atomic mass is 10.7. The van der Waals surface area contributed by atoms with Crippen LogP contribution in [0.2, 0.25) is 0 Å². The van der Waals surface area contributed by atoms with Gasteiger partial charge in [-0.3, -0.25) is 4.79 Å². The fourth-order valence-corrected chi connectivity index (χ4v) is 0.114. The van der Waals surface area contributed by atoms with Gasteiger partial charge >= 0.3 is 0 Å². The average molecular weight is 102 g/mol. The van der Waals surface area contributed by atoms with Crippen LogP contribution in [0.3, 0.4) is 0 Å². The van der Waals surface area contributed by atoms with Crippen molar-refractivity contribution in [2.45, 2.75) is 6.92 Å². The molecule has 0 unspecified atom stereocenters. The maximum absolute atomic E-state index is 9.47. The van der Waals surface area contributed by atoms with Crippen LogP contribution in [0.5, 0.6) is 0 Å². The van der Waals surface area contributed by atoms with Gasteiger partial charge in [-0.15, -0.1) is 0 Å². The van der Waals surface area contributed by atoms with Crippen molar-refractivity contribution in [3.8, 4) is 0 Å². The van der Waals surface area contributed by atoms with Crippen LogP contribution in [0.15, 0.2) is 5.16 Å². The van der Waals surface area contributed by atoms with E-state index in [1.54, 1.807) is 0 Å². The molecule has 0 aliphatic heterocycles. The van der Waals surface area contributed by atoms with E-state index >= 15 is 0 Å². The van der Waals surface area contributed by atoms with Gasteiger partial charge in [-0.25, -0.2) is 0 Å². The average Bonchev–Trinajstić information content (AvgIpc) is 1.68. The number of nitrogens with one attached hydrogen (secondary N) is 1. The summed E-state index contributed by atoms with van der Waals surface area (Å²) in [7, 11) is 0. The van der Waals surface area contributed by atoms with Crippen LogP contribution in [0, 0.1) is 0 Å². The molecule has 0 aliphatic rings. The summed E-state index contributed by atoms with van der Waals surface area (Å²) >= 11 is 0. The van der Waals surface area contributed by atoms with Gasteiger partial charge in [0.05, 0.1) is 0 Å². The van der Waals surface area contributed by atoms with E-state index in [0.717, 1.165) is 0 Å². The Morgan fingerprint density at radius 3 is 2.71 bits per heavy atom. The van der Waals surface area contributed by atoms with Crippen LogP contribution in [0.1, 0.15) is 6.92 Å². The van der Waals surface area contributed by atoms with E-state index in [4.69, 9.17) is 5.21 Å². The number of hydrogen-bond acceptors (Lipinski definition) is 3. The van der Waals surface area contributed by atoms with Crippen LogP contribution in [0.25, 0.3) is 0 Å². The molecule has 4 heteroatoms. The van der Waals surface area contributed by atoms with Crippen molar-refractivity contribution in [2.75, 3.05) is 0 Å². The van der Waals surface area contributed by atoms with Crippen molar-refractivity contribution in [3.63, 3.8) is 0 Å². The van der Waals surface area contributed by atoms with Crippen LogP contribution in [-0.4, -0.2) is 17.5 Å². The van der Waals surface area contributed by atoms with Gasteiger partial charge in [0.1, 0.15) is 5.84 Å². The minimum atomic E-state index is 0.190. The molecular weight excluding hydrogens is 96.0 g/mol. The first-order chi connectivity index (χ1) is 3.31. The molecule has 0 radical (unpaired) electrons. The number of carbonyl (C=O) groups excluding carboxylic acids is 1. The number of amides is 1. The number of amidine groups is 1. The summed E-state index contributed by atoms with van der Waals surface area (Å²) < 4.78 is 0. The molecule has 0 aromatic carbocycles. The lowest BCUT2D eigenvalue weighted by molar-refractivity contribution is -0.108. The molecule has 0 aromatic rings. The number of oxime groups is 1. The monoisotopic (exact) mass is 102 g/mol. The molecular formula is C3H6N2O2. The summed E-state index contributed by atoms with van der Waals surface area (Å²) in [5.74, 6) is 0.190. The van der Waals surface area contributed by atoms with Crippen LogP contribution >= 0.6 is 0 Å². The fourth-order valence-electron chi connectivity index (χ4n) is 0.114. The van der Waals surface area contributed by atoms with Crippen LogP contribution in [-0.2, 0) is 4.79 Å². The standard InChI is InChI=1S/C3H6N2O2/c1-3(5-7)4-2-6/h2,7H,1H3,(H,4,5,6). The summed E-state index contributed by atoms with van der Waals surface area (Å²) in [6, 6.07) is 0. The van der Waals surface area contributed by atoms with Crippen molar-refractivity contribution in [1.82, 2.24) is 5.32 Å². The minimum Gasteiger partial charge on any atom is -0.409 e. The summed E-state index contributed by atoms with van der Waals surface area (Å²) in [6.45, 7) is 1.47. The predicted molar refractivity (Wildman–Crippen MR) is 24.1 cm³/mol. The Hall–Kier alpha value is -1.06. The Morgan fingerprint density at radius 2 is 2.57 bits per heavy atom. The van der Waals surface area contributed by atoms with Gasteiger partial charge in [-0.1, -0.05) is 5.16 Å². The molecule has 4 nitrogen and oxygen atoms in total. The largest absolute Gasteiger partial charge is 0.409 e. The first-order valence-electron chi connectivity index (χ1n) is 1.70. The summed E-state index contributed by atoms with van der Waals surface area (Å²) in [6.07, 6.45) is 0.440. The molecule has 0 fully saturated rings. The molecule has 0 spiro atoms. The third-order valence-corrected chi connectivity index (χ3v) is 0.418. The van der Waals surface area contributed by atoms with E-state index < -0.39 is 0 Å². The third-order valence-electron chi connectivity index (χ3n) is 0.418. The number of hydrogen-bond donors (Lipinski definition) is 2. The highest BCUT2D eigenvalue weighted by Crippen LogP contribution is 1.59. The number of nitrogens with zero attached hydrogens (tertiary/aromatic N) is 1. The van der Waals surface area contributed by atoms with Crippen LogP contribution in [0.4, 0.5) is 0 Å². The lowest BCUT2D eigenvalue weighted by Gasteiger charge is -1.86. The first kappa shape index (κ1) is 5.94. The molecule has 0 heterocycles. The van der Waals surface area contributed by atoms with Gasteiger partial charge in [0.15, 0.2) is 0 Å². The van der Waals surface area contributed by atoms with E-state index in [1.165, 1.54) is 6.92 Å². The highest BCUT2D eigenvalue weighted by Gasteiger charge is 1.79. The SMILES string of the molecule is C/C(=N\O)NC=O. The second-order valence-electron chi connectivity index (χ2n) is 0.948. The molecule has 0 rings (SSSR count). The van der Waals surface area contributed by atoms with Gasteiger partial charge in [-0.2, -0.15) is 0 Å². The Morgan fingerprint density at radius 1 is 2.00 bits per heavy atom. The zero-order chi connectivity index (χ0) is 5.70. The van der Waals surface area contributed by atoms with Crippen molar-refractivity contribution in [3.05, 3.63) is 0 Å². The molecule has 7 heavy (non-hydrogen) atoms. The lowest BCUT2D eigenvalue weighted by Crippen LogP contribution is -2.17. The van der Waals surface area contributed by atoms with Gasteiger partial charge in [0.2, 0.25) is 6.41 Å². The van der Waals surface area contributed by atoms with Crippen molar-refractivity contribution >= 4 is 12.2 Å². The number of rotatable bonds is 1. The maximum atomic E-state index is 9.47. The normalized spacial score (nSPS) is 10.7. The Labute approximate surface area is 40.8 Å². The van der Waals surface area contributed by atoms with Gasteiger partial charge in [-0.05, 0) is 6.92 Å². The van der Waals surface area contributed by atoms with Crippen molar-refractivity contribution < 1.29 is 10.0 Å². The molecule has 0 saturated carbocycles. The van der Waals surface area contributed by atoms with E-state index in [2.05, 4.69) is 10.5 Å². The van der Waals surface area contributed by atoms with Gasteiger partial charge < -0.3 is 10.5 Å². The summed E-state index contributed by atoms with van der Waals surface area (Å²) in [5.41, 5.74) is 0. The number of carbonyl (C=O) groups is 1. The van der Waals surface area contributed by atoms with Gasteiger partial charge in [0.25, 0.3) is 0 Å². The Bertz CT molecular complexity index is 88.9. The molecule has 0 aliphatic carbocycles. The highest BCUT2D eigenvalue weighted by molar-refractivity contribution is 5.87. The molecule has 0 aromatic heterocycles. The second-order valence-corrected chi connectivity index (χ2v) is 0.948. The van der Waals surface area contributed by atoms with E-state index in [-0.39, 0.29) is 5.84 Å². The zero-order valence-electron chi connectivity index (χ0n) is 3.88. The second kappa shape index (κ2) is 3.14. The third kappa shape index (κ3) is 2.75. The summed E-state index contributed by atoms with van der Waals surface area (Å²) in [5, 5.41) is 12.6. The summed E-state index contributed by atoms with van der Waals surface area (Å²) in [4.78, 5) is 9.47. The van der Waals surface area contributed by atoms with E-state index in [0.29, 0.717) is 6.41 Å². The maximum Gasteiger partial charge on any atom is 0.212 e. The van der Waals surface area contributed by atoms with Crippen molar-refractivity contribution in [2.24, 2.45) is 5.16 Å². The molecule has 0 atom stereocenters. The van der Waals surface area contributed by atoms with E-state index in [9.17, 15) is 4.79 Å². The molecule has 1 amide bonds. The fraction of sp³-hybridized carbons (Fsp3) is 0.333. The Balaban J connectivity index is 3.36. The first-order valence-corrected chi connectivity index (χ1v) is 1.70. The van der Waals surface area contributed by atoms with Crippen LogP contribution < -0.4 is 5.32 Å². The smallest absolute Gasteiger partial charge is 0.212 e. The topological polar surface area (TPSA) is 61.7 Å². The minimum absolute atomic E-state index is 0.190. The van der Waals surface area contributed by atoms with E-state index in [1.807, 2.05) is 0 Å². The highest BCUT2D eigenvalue weighted by atomic mass is 16.4. The van der Waals surface area contributed by atoms with Gasteiger partial charge in [0, 0.05) is 0 Å². The van der Waals surface area contributed by atoms with Crippen molar-refractivity contribution in [1.29, 1.82) is 0 Å². The zero-order valence-corrected chi connectivity index (χ0v) is 3.88. The quantitative estimate of drug-likeness (QED) is 0.155. The predicted octanol–water partition coefficient (Wildman–Crippen LogP) is -0.460. The molecule has 0 bridgehead atoms. The molecule has 0 saturated heterocycles.